The van der Waals surface area contributed by atoms with E-state index in [-0.39, 0.29) is 0 Å². The fourth-order valence-corrected chi connectivity index (χ4v) is 1.90. The van der Waals surface area contributed by atoms with Crippen molar-refractivity contribution < 1.29 is 5.11 Å². The molecule has 76 valence electrons. The van der Waals surface area contributed by atoms with E-state index >= 15 is 0 Å². The van der Waals surface area contributed by atoms with Crippen LogP contribution in [0, 0.1) is 0 Å². The van der Waals surface area contributed by atoms with Crippen LogP contribution in [-0.2, 0) is 12.0 Å². The van der Waals surface area contributed by atoms with Crippen molar-refractivity contribution in [1.82, 2.24) is 4.98 Å². The monoisotopic (exact) mass is 191 g/mol. The molecule has 1 aromatic heterocycles. The summed E-state index contributed by atoms with van der Waals surface area (Å²) in [6.07, 6.45) is 6.97. The van der Waals surface area contributed by atoms with Gasteiger partial charge >= 0.3 is 0 Å². The number of pyridine rings is 1. The SMILES string of the molecule is CCCc1ccc(C2(O)CCC2)nc1. The highest BCUT2D eigenvalue weighted by molar-refractivity contribution is 5.20. The predicted molar refractivity (Wildman–Crippen MR) is 56.0 cm³/mol. The van der Waals surface area contributed by atoms with Gasteiger partial charge in [-0.15, -0.1) is 0 Å². The normalized spacial score (nSPS) is 19.0. The number of aliphatic hydroxyl groups is 1. The van der Waals surface area contributed by atoms with Crippen molar-refractivity contribution in [2.24, 2.45) is 0 Å². The molecule has 2 rings (SSSR count). The third-order valence-electron chi connectivity index (χ3n) is 3.02. The Balaban J connectivity index is 2.13. The van der Waals surface area contributed by atoms with Gasteiger partial charge in [0.1, 0.15) is 5.60 Å². The molecule has 2 nitrogen and oxygen atoms in total. The first-order chi connectivity index (χ1) is 6.74. The lowest BCUT2D eigenvalue weighted by molar-refractivity contribution is -0.0426. The Kier molecular flexibility index (Phi) is 2.55. The van der Waals surface area contributed by atoms with E-state index < -0.39 is 5.60 Å². The number of rotatable bonds is 3. The highest BCUT2D eigenvalue weighted by Crippen LogP contribution is 2.39. The van der Waals surface area contributed by atoms with Crippen LogP contribution in [0.25, 0.3) is 0 Å². The molecule has 1 saturated carbocycles. The van der Waals surface area contributed by atoms with E-state index in [1.807, 2.05) is 12.3 Å². The van der Waals surface area contributed by atoms with E-state index in [4.69, 9.17) is 0 Å². The standard InChI is InChI=1S/C12H17NO/c1-2-4-10-5-6-11(13-9-10)12(14)7-3-8-12/h5-6,9,14H,2-4,7-8H2,1H3. The maximum atomic E-state index is 10.0. The molecule has 1 N–H and O–H groups in total. The smallest absolute Gasteiger partial charge is 0.106 e. The zero-order valence-electron chi connectivity index (χ0n) is 8.66. The average Bonchev–Trinajstić information content (AvgIpc) is 2.16. The number of aromatic nitrogens is 1. The van der Waals surface area contributed by atoms with Crippen LogP contribution in [-0.4, -0.2) is 10.1 Å². The van der Waals surface area contributed by atoms with Crippen LogP contribution in [0.1, 0.15) is 43.9 Å². The van der Waals surface area contributed by atoms with Gasteiger partial charge < -0.3 is 5.11 Å². The van der Waals surface area contributed by atoms with Crippen molar-refractivity contribution in [3.8, 4) is 0 Å². The average molecular weight is 191 g/mol. The highest BCUT2D eigenvalue weighted by Gasteiger charge is 2.37. The van der Waals surface area contributed by atoms with Crippen molar-refractivity contribution in [2.45, 2.75) is 44.6 Å². The van der Waals surface area contributed by atoms with Gasteiger partial charge in [0, 0.05) is 6.20 Å². The van der Waals surface area contributed by atoms with E-state index in [1.165, 1.54) is 5.56 Å². The molecular weight excluding hydrogens is 174 g/mol. The topological polar surface area (TPSA) is 33.1 Å². The Hall–Kier alpha value is -0.890. The van der Waals surface area contributed by atoms with Crippen LogP contribution in [0.5, 0.6) is 0 Å². The molecule has 0 spiro atoms. The summed E-state index contributed by atoms with van der Waals surface area (Å²) in [7, 11) is 0. The number of hydrogen-bond acceptors (Lipinski definition) is 2. The van der Waals surface area contributed by atoms with Crippen molar-refractivity contribution in [1.29, 1.82) is 0 Å². The van der Waals surface area contributed by atoms with Crippen LogP contribution >= 0.6 is 0 Å². The first-order valence-electron chi connectivity index (χ1n) is 5.42. The molecule has 1 fully saturated rings. The van der Waals surface area contributed by atoms with Crippen LogP contribution in [0.15, 0.2) is 18.3 Å². The first-order valence-corrected chi connectivity index (χ1v) is 5.42. The summed E-state index contributed by atoms with van der Waals surface area (Å²) in [4.78, 5) is 4.34. The van der Waals surface area contributed by atoms with Gasteiger partial charge in [0.15, 0.2) is 0 Å². The molecule has 0 aliphatic heterocycles. The second-order valence-corrected chi connectivity index (χ2v) is 4.19. The minimum absolute atomic E-state index is 0.606. The van der Waals surface area contributed by atoms with Gasteiger partial charge in [0.05, 0.1) is 5.69 Å². The van der Waals surface area contributed by atoms with E-state index in [0.29, 0.717) is 0 Å². The third kappa shape index (κ3) is 1.67. The zero-order chi connectivity index (χ0) is 10.0. The van der Waals surface area contributed by atoms with Crippen molar-refractivity contribution in [3.05, 3.63) is 29.6 Å². The highest BCUT2D eigenvalue weighted by atomic mass is 16.3. The summed E-state index contributed by atoms with van der Waals surface area (Å²) in [5, 5.41) is 10.0. The number of aryl methyl sites for hydroxylation is 1. The molecule has 0 saturated heterocycles. The number of hydrogen-bond donors (Lipinski definition) is 1. The largest absolute Gasteiger partial charge is 0.384 e. The van der Waals surface area contributed by atoms with Crippen LogP contribution in [0.2, 0.25) is 0 Å². The summed E-state index contributed by atoms with van der Waals surface area (Å²) in [5.74, 6) is 0. The Morgan fingerprint density at radius 1 is 1.43 bits per heavy atom. The van der Waals surface area contributed by atoms with E-state index in [2.05, 4.69) is 18.0 Å². The molecule has 1 aliphatic rings. The third-order valence-corrected chi connectivity index (χ3v) is 3.02. The molecule has 0 amide bonds. The molecule has 1 aliphatic carbocycles. The maximum absolute atomic E-state index is 10.0. The summed E-state index contributed by atoms with van der Waals surface area (Å²) < 4.78 is 0. The fourth-order valence-electron chi connectivity index (χ4n) is 1.90. The first kappa shape index (κ1) is 9.66. The Morgan fingerprint density at radius 2 is 2.21 bits per heavy atom. The van der Waals surface area contributed by atoms with Gasteiger partial charge in [-0.25, -0.2) is 0 Å². The predicted octanol–water partition coefficient (Wildman–Crippen LogP) is 2.41. The van der Waals surface area contributed by atoms with Gasteiger partial charge in [0.2, 0.25) is 0 Å². The Morgan fingerprint density at radius 3 is 2.64 bits per heavy atom. The van der Waals surface area contributed by atoms with E-state index in [9.17, 15) is 5.11 Å². The van der Waals surface area contributed by atoms with Crippen molar-refractivity contribution >= 4 is 0 Å². The van der Waals surface area contributed by atoms with Crippen LogP contribution in [0.4, 0.5) is 0 Å². The minimum Gasteiger partial charge on any atom is -0.384 e. The Labute approximate surface area is 85.0 Å². The van der Waals surface area contributed by atoms with Gasteiger partial charge in [-0.3, -0.25) is 4.98 Å². The summed E-state index contributed by atoms with van der Waals surface area (Å²) in [6, 6.07) is 4.06. The molecule has 0 atom stereocenters. The maximum Gasteiger partial charge on any atom is 0.106 e. The molecule has 0 aromatic carbocycles. The number of nitrogens with zero attached hydrogens (tertiary/aromatic N) is 1. The van der Waals surface area contributed by atoms with Crippen molar-refractivity contribution in [2.75, 3.05) is 0 Å². The molecule has 14 heavy (non-hydrogen) atoms. The molecular formula is C12H17NO. The lowest BCUT2D eigenvalue weighted by Crippen LogP contribution is -2.34. The second kappa shape index (κ2) is 3.70. The lowest BCUT2D eigenvalue weighted by Gasteiger charge is -2.35. The van der Waals surface area contributed by atoms with Gasteiger partial charge in [-0.1, -0.05) is 19.4 Å². The summed E-state index contributed by atoms with van der Waals surface area (Å²) >= 11 is 0. The molecule has 2 heteroatoms. The van der Waals surface area contributed by atoms with Gasteiger partial charge in [-0.2, -0.15) is 0 Å². The minimum atomic E-state index is -0.606. The molecule has 1 aromatic rings. The Bertz CT molecular complexity index is 301. The van der Waals surface area contributed by atoms with Gasteiger partial charge in [-0.05, 0) is 37.3 Å². The van der Waals surface area contributed by atoms with E-state index in [0.717, 1.165) is 37.8 Å². The lowest BCUT2D eigenvalue weighted by atomic mass is 9.77. The molecule has 1 heterocycles. The quantitative estimate of drug-likeness (QED) is 0.795. The summed E-state index contributed by atoms with van der Waals surface area (Å²) in [6.45, 7) is 2.16. The molecule has 0 radical (unpaired) electrons. The molecule has 0 unspecified atom stereocenters. The van der Waals surface area contributed by atoms with Gasteiger partial charge in [0.25, 0.3) is 0 Å². The van der Waals surface area contributed by atoms with Crippen molar-refractivity contribution in [3.63, 3.8) is 0 Å². The second-order valence-electron chi connectivity index (χ2n) is 4.19. The molecule has 0 bridgehead atoms. The van der Waals surface area contributed by atoms with Crippen LogP contribution in [0.3, 0.4) is 0 Å². The van der Waals surface area contributed by atoms with Crippen LogP contribution < -0.4 is 0 Å². The fraction of sp³-hybridized carbons (Fsp3) is 0.583. The van der Waals surface area contributed by atoms with E-state index in [1.54, 1.807) is 0 Å². The summed E-state index contributed by atoms with van der Waals surface area (Å²) in [5.41, 5.74) is 1.51. The zero-order valence-corrected chi connectivity index (χ0v) is 8.66.